The number of benzene rings is 2. The molecule has 0 unspecified atom stereocenters. The van der Waals surface area contributed by atoms with E-state index >= 15 is 0 Å². The number of nitrogens with zero attached hydrogens (tertiary/aromatic N) is 1. The van der Waals surface area contributed by atoms with Crippen LogP contribution in [0.1, 0.15) is 21.5 Å². The van der Waals surface area contributed by atoms with E-state index in [2.05, 4.69) is 29.2 Å². The van der Waals surface area contributed by atoms with Gasteiger partial charge in [0, 0.05) is 24.5 Å². The number of rotatable bonds is 2. The molecule has 0 saturated carbocycles. The van der Waals surface area contributed by atoms with Gasteiger partial charge in [0.1, 0.15) is 0 Å². The van der Waals surface area contributed by atoms with Crippen molar-refractivity contribution >= 4 is 17.3 Å². The van der Waals surface area contributed by atoms with Crippen LogP contribution in [0.2, 0.25) is 0 Å². The minimum absolute atomic E-state index is 0.397. The standard InChI is InChI=1S/C17H18N2O2/c1-21-17(20)15-10-14(6-7-16(15)18)19-9-8-12-4-2-3-5-13(12)11-19/h2-7,10H,8-9,11,18H2,1H3. The van der Waals surface area contributed by atoms with Crippen molar-refractivity contribution in [2.75, 3.05) is 24.3 Å². The first-order chi connectivity index (χ1) is 10.2. The highest BCUT2D eigenvalue weighted by Gasteiger charge is 2.18. The summed E-state index contributed by atoms with van der Waals surface area (Å²) in [6.07, 6.45) is 1.01. The van der Waals surface area contributed by atoms with Gasteiger partial charge in [0.15, 0.2) is 0 Å². The average Bonchev–Trinajstić information content (AvgIpc) is 2.54. The Bertz CT molecular complexity index is 682. The lowest BCUT2D eigenvalue weighted by atomic mass is 9.99. The number of nitrogens with two attached hydrogens (primary N) is 1. The number of anilines is 2. The molecule has 2 aromatic rings. The summed E-state index contributed by atoms with van der Waals surface area (Å²) in [5.74, 6) is -0.397. The first-order valence-corrected chi connectivity index (χ1v) is 6.98. The Balaban J connectivity index is 1.90. The van der Waals surface area contributed by atoms with Gasteiger partial charge in [-0.25, -0.2) is 4.79 Å². The summed E-state index contributed by atoms with van der Waals surface area (Å²) in [7, 11) is 1.37. The summed E-state index contributed by atoms with van der Waals surface area (Å²) < 4.78 is 4.78. The van der Waals surface area contributed by atoms with Crippen molar-refractivity contribution in [1.29, 1.82) is 0 Å². The van der Waals surface area contributed by atoms with Crippen molar-refractivity contribution < 1.29 is 9.53 Å². The zero-order valence-electron chi connectivity index (χ0n) is 12.0. The molecule has 1 aliphatic heterocycles. The highest BCUT2D eigenvalue weighted by atomic mass is 16.5. The van der Waals surface area contributed by atoms with Crippen LogP contribution in [0.3, 0.4) is 0 Å². The minimum atomic E-state index is -0.397. The van der Waals surface area contributed by atoms with E-state index in [0.29, 0.717) is 11.3 Å². The van der Waals surface area contributed by atoms with Crippen molar-refractivity contribution in [3.05, 3.63) is 59.2 Å². The normalized spacial score (nSPS) is 13.7. The zero-order valence-corrected chi connectivity index (χ0v) is 12.0. The van der Waals surface area contributed by atoms with Crippen LogP contribution >= 0.6 is 0 Å². The summed E-state index contributed by atoms with van der Waals surface area (Å²) in [6.45, 7) is 1.78. The topological polar surface area (TPSA) is 55.6 Å². The molecule has 4 heteroatoms. The largest absolute Gasteiger partial charge is 0.465 e. The number of carbonyl (C=O) groups excluding carboxylic acids is 1. The first kappa shape index (κ1) is 13.5. The lowest BCUT2D eigenvalue weighted by Crippen LogP contribution is -2.30. The van der Waals surface area contributed by atoms with Gasteiger partial charge in [-0.05, 0) is 35.7 Å². The fraction of sp³-hybridized carbons (Fsp3) is 0.235. The summed E-state index contributed by atoms with van der Waals surface area (Å²) >= 11 is 0. The van der Waals surface area contributed by atoms with Gasteiger partial charge in [-0.2, -0.15) is 0 Å². The highest BCUT2D eigenvalue weighted by Crippen LogP contribution is 2.27. The van der Waals surface area contributed by atoms with Gasteiger partial charge < -0.3 is 15.4 Å². The van der Waals surface area contributed by atoms with Crippen LogP contribution in [0.15, 0.2) is 42.5 Å². The second kappa shape index (κ2) is 5.48. The Labute approximate surface area is 124 Å². The van der Waals surface area contributed by atoms with Gasteiger partial charge in [0.25, 0.3) is 0 Å². The summed E-state index contributed by atoms with van der Waals surface area (Å²) in [5, 5.41) is 0. The maximum atomic E-state index is 11.7. The van der Waals surface area contributed by atoms with E-state index in [9.17, 15) is 4.79 Å². The molecule has 21 heavy (non-hydrogen) atoms. The second-order valence-electron chi connectivity index (χ2n) is 5.20. The van der Waals surface area contributed by atoms with Crippen LogP contribution in [0, 0.1) is 0 Å². The Morgan fingerprint density at radius 2 is 1.95 bits per heavy atom. The number of hydrogen-bond acceptors (Lipinski definition) is 4. The minimum Gasteiger partial charge on any atom is -0.465 e. The van der Waals surface area contributed by atoms with Crippen LogP contribution in [-0.2, 0) is 17.7 Å². The summed E-state index contributed by atoms with van der Waals surface area (Å²) in [4.78, 5) is 14.0. The molecule has 0 saturated heterocycles. The predicted molar refractivity (Wildman–Crippen MR) is 83.4 cm³/mol. The molecule has 0 bridgehead atoms. The van der Waals surface area contributed by atoms with E-state index in [0.717, 1.165) is 25.2 Å². The fourth-order valence-electron chi connectivity index (χ4n) is 2.74. The molecule has 0 amide bonds. The van der Waals surface area contributed by atoms with E-state index in [1.54, 1.807) is 6.07 Å². The summed E-state index contributed by atoms with van der Waals surface area (Å²) in [5.41, 5.74) is 10.5. The molecule has 0 spiro atoms. The zero-order chi connectivity index (χ0) is 14.8. The lowest BCUT2D eigenvalue weighted by Gasteiger charge is -2.31. The van der Waals surface area contributed by atoms with Gasteiger partial charge in [0.2, 0.25) is 0 Å². The molecule has 0 aromatic heterocycles. The Morgan fingerprint density at radius 1 is 1.19 bits per heavy atom. The Kier molecular flexibility index (Phi) is 3.52. The number of ether oxygens (including phenoxy) is 1. The average molecular weight is 282 g/mol. The molecule has 0 aliphatic carbocycles. The molecular weight excluding hydrogens is 264 g/mol. The van der Waals surface area contributed by atoms with Crippen LogP contribution in [0.4, 0.5) is 11.4 Å². The number of nitrogen functional groups attached to an aromatic ring is 1. The third-order valence-corrected chi connectivity index (χ3v) is 3.94. The van der Waals surface area contributed by atoms with Crippen molar-refractivity contribution in [1.82, 2.24) is 0 Å². The van der Waals surface area contributed by atoms with Gasteiger partial charge in [-0.1, -0.05) is 24.3 Å². The molecule has 0 fully saturated rings. The first-order valence-electron chi connectivity index (χ1n) is 6.98. The molecular formula is C17H18N2O2. The molecule has 108 valence electrons. The maximum absolute atomic E-state index is 11.7. The summed E-state index contributed by atoms with van der Waals surface area (Å²) in [6, 6.07) is 14.0. The van der Waals surface area contributed by atoms with Gasteiger partial charge in [-0.15, -0.1) is 0 Å². The molecule has 3 rings (SSSR count). The SMILES string of the molecule is COC(=O)c1cc(N2CCc3ccccc3C2)ccc1N. The third kappa shape index (κ3) is 2.57. The van der Waals surface area contributed by atoms with Crippen molar-refractivity contribution in [3.8, 4) is 0 Å². The highest BCUT2D eigenvalue weighted by molar-refractivity contribution is 5.96. The smallest absolute Gasteiger partial charge is 0.340 e. The fourth-order valence-corrected chi connectivity index (χ4v) is 2.74. The monoisotopic (exact) mass is 282 g/mol. The van der Waals surface area contributed by atoms with Gasteiger partial charge in [-0.3, -0.25) is 0 Å². The van der Waals surface area contributed by atoms with Crippen molar-refractivity contribution in [2.45, 2.75) is 13.0 Å². The van der Waals surface area contributed by atoms with Crippen molar-refractivity contribution in [2.24, 2.45) is 0 Å². The number of methoxy groups -OCH3 is 1. The molecule has 2 aromatic carbocycles. The van der Waals surface area contributed by atoms with E-state index < -0.39 is 5.97 Å². The number of esters is 1. The van der Waals surface area contributed by atoms with E-state index in [4.69, 9.17) is 10.5 Å². The number of carbonyl (C=O) groups is 1. The second-order valence-corrected chi connectivity index (χ2v) is 5.20. The number of hydrogen-bond donors (Lipinski definition) is 1. The molecule has 0 radical (unpaired) electrons. The molecule has 1 heterocycles. The Hall–Kier alpha value is -2.49. The number of fused-ring (bicyclic) bond motifs is 1. The van der Waals surface area contributed by atoms with Gasteiger partial charge >= 0.3 is 5.97 Å². The van der Waals surface area contributed by atoms with E-state index in [1.807, 2.05) is 12.1 Å². The lowest BCUT2D eigenvalue weighted by molar-refractivity contribution is 0.0602. The molecule has 4 nitrogen and oxygen atoms in total. The maximum Gasteiger partial charge on any atom is 0.340 e. The van der Waals surface area contributed by atoms with Crippen LogP contribution in [-0.4, -0.2) is 19.6 Å². The van der Waals surface area contributed by atoms with Crippen LogP contribution in [0.25, 0.3) is 0 Å². The van der Waals surface area contributed by atoms with Crippen molar-refractivity contribution in [3.63, 3.8) is 0 Å². The molecule has 2 N–H and O–H groups in total. The third-order valence-electron chi connectivity index (χ3n) is 3.94. The van der Waals surface area contributed by atoms with Gasteiger partial charge in [0.05, 0.1) is 12.7 Å². The molecule has 1 aliphatic rings. The quantitative estimate of drug-likeness (QED) is 0.679. The molecule has 0 atom stereocenters. The van der Waals surface area contributed by atoms with E-state index in [-0.39, 0.29) is 0 Å². The van der Waals surface area contributed by atoms with E-state index in [1.165, 1.54) is 18.2 Å². The van der Waals surface area contributed by atoms with Crippen LogP contribution in [0.5, 0.6) is 0 Å². The Morgan fingerprint density at radius 3 is 2.71 bits per heavy atom. The predicted octanol–water partition coefficient (Wildman–Crippen LogP) is 2.62. The van der Waals surface area contributed by atoms with Crippen LogP contribution < -0.4 is 10.6 Å².